The van der Waals surface area contributed by atoms with Gasteiger partial charge in [0, 0.05) is 12.3 Å². The van der Waals surface area contributed by atoms with Gasteiger partial charge in [0.25, 0.3) is 0 Å². The molecule has 1 rings (SSSR count). The van der Waals surface area contributed by atoms with Crippen molar-refractivity contribution >= 4 is 16.7 Å². The molecular weight excluding hydrogens is 202 g/mol. The molecule has 1 aromatic carbocycles. The van der Waals surface area contributed by atoms with E-state index in [2.05, 4.69) is 5.43 Å². The SMILES string of the molecule is NNc1ccc(S(N)=O)c(CCO)c1. The van der Waals surface area contributed by atoms with Gasteiger partial charge in [0.1, 0.15) is 11.0 Å². The van der Waals surface area contributed by atoms with Crippen molar-refractivity contribution in [3.8, 4) is 0 Å². The molecule has 0 spiro atoms. The minimum absolute atomic E-state index is 0.0157. The first-order valence-corrected chi connectivity index (χ1v) is 5.27. The molecule has 1 aromatic rings. The van der Waals surface area contributed by atoms with Crippen molar-refractivity contribution in [1.29, 1.82) is 0 Å². The first-order valence-electron chi connectivity index (χ1n) is 4.05. The summed E-state index contributed by atoms with van der Waals surface area (Å²) in [6, 6.07) is 5.04. The molecule has 1 unspecified atom stereocenters. The van der Waals surface area contributed by atoms with Crippen LogP contribution in [0, 0.1) is 0 Å². The van der Waals surface area contributed by atoms with Crippen molar-refractivity contribution in [2.24, 2.45) is 11.0 Å². The fraction of sp³-hybridized carbons (Fsp3) is 0.250. The number of aliphatic hydroxyl groups is 1. The Bertz CT molecular complexity index is 343. The van der Waals surface area contributed by atoms with Crippen molar-refractivity contribution in [2.45, 2.75) is 11.3 Å². The van der Waals surface area contributed by atoms with Crippen molar-refractivity contribution in [2.75, 3.05) is 12.0 Å². The van der Waals surface area contributed by atoms with Crippen LogP contribution >= 0.6 is 0 Å². The monoisotopic (exact) mass is 215 g/mol. The van der Waals surface area contributed by atoms with Gasteiger partial charge >= 0.3 is 0 Å². The Hall–Kier alpha value is -0.950. The number of hydrogen-bond donors (Lipinski definition) is 4. The van der Waals surface area contributed by atoms with E-state index in [-0.39, 0.29) is 6.61 Å². The maximum atomic E-state index is 11.1. The normalized spacial score (nSPS) is 12.5. The van der Waals surface area contributed by atoms with Crippen molar-refractivity contribution < 1.29 is 9.32 Å². The summed E-state index contributed by atoms with van der Waals surface area (Å²) in [7, 11) is -1.53. The summed E-state index contributed by atoms with van der Waals surface area (Å²) in [6.07, 6.45) is 0.411. The number of nitrogen functional groups attached to an aromatic ring is 1. The van der Waals surface area contributed by atoms with Gasteiger partial charge < -0.3 is 10.5 Å². The van der Waals surface area contributed by atoms with Crippen LogP contribution in [0.4, 0.5) is 5.69 Å². The Morgan fingerprint density at radius 3 is 2.71 bits per heavy atom. The highest BCUT2D eigenvalue weighted by Crippen LogP contribution is 2.17. The molecule has 6 N–H and O–H groups in total. The van der Waals surface area contributed by atoms with Gasteiger partial charge in [-0.3, -0.25) is 5.84 Å². The predicted octanol–water partition coefficient (Wildman–Crippen LogP) is -0.512. The van der Waals surface area contributed by atoms with Crippen LogP contribution in [0.5, 0.6) is 0 Å². The lowest BCUT2D eigenvalue weighted by Crippen LogP contribution is -2.11. The lowest BCUT2D eigenvalue weighted by Gasteiger charge is -2.08. The number of nitrogens with one attached hydrogen (secondary N) is 1. The molecule has 1 atom stereocenters. The Balaban J connectivity index is 3.10. The second-order valence-electron chi connectivity index (χ2n) is 2.74. The van der Waals surface area contributed by atoms with Crippen LogP contribution in [-0.4, -0.2) is 15.9 Å². The third-order valence-corrected chi connectivity index (χ3v) is 2.66. The van der Waals surface area contributed by atoms with Crippen LogP contribution in [-0.2, 0) is 17.4 Å². The number of aliphatic hydroxyl groups excluding tert-OH is 1. The first kappa shape index (κ1) is 11.1. The van der Waals surface area contributed by atoms with E-state index >= 15 is 0 Å². The van der Waals surface area contributed by atoms with Crippen molar-refractivity contribution in [3.63, 3.8) is 0 Å². The highest BCUT2D eigenvalue weighted by Gasteiger charge is 2.06. The average molecular weight is 215 g/mol. The van der Waals surface area contributed by atoms with Gasteiger partial charge in [-0.05, 0) is 30.2 Å². The molecule has 6 heteroatoms. The summed E-state index contributed by atoms with van der Waals surface area (Å²) in [5, 5.41) is 14.1. The summed E-state index contributed by atoms with van der Waals surface area (Å²) in [5.41, 5.74) is 3.91. The molecule has 0 aliphatic carbocycles. The maximum Gasteiger partial charge on any atom is 0.122 e. The van der Waals surface area contributed by atoms with E-state index in [1.54, 1.807) is 18.2 Å². The Kier molecular flexibility index (Phi) is 4.02. The molecular formula is C8H13N3O2S. The molecule has 0 bridgehead atoms. The topological polar surface area (TPSA) is 101 Å². The molecule has 0 aliphatic heterocycles. The zero-order chi connectivity index (χ0) is 10.6. The molecule has 0 aliphatic rings. The molecule has 5 nitrogen and oxygen atoms in total. The van der Waals surface area contributed by atoms with Gasteiger partial charge in [0.15, 0.2) is 0 Å². The lowest BCUT2D eigenvalue weighted by molar-refractivity contribution is 0.299. The Labute approximate surface area is 84.7 Å². The van der Waals surface area contributed by atoms with E-state index in [0.29, 0.717) is 17.0 Å². The molecule has 0 amide bonds. The summed E-state index contributed by atoms with van der Waals surface area (Å²) in [6.45, 7) is -0.0157. The number of anilines is 1. The second kappa shape index (κ2) is 5.06. The number of rotatable bonds is 4. The van der Waals surface area contributed by atoms with E-state index in [1.165, 1.54) is 0 Å². The zero-order valence-electron chi connectivity index (χ0n) is 7.56. The quantitative estimate of drug-likeness (QED) is 0.401. The minimum atomic E-state index is -1.53. The largest absolute Gasteiger partial charge is 0.396 e. The molecule has 0 aromatic heterocycles. The van der Waals surface area contributed by atoms with Gasteiger partial charge in [-0.1, -0.05) is 0 Å². The highest BCUT2D eigenvalue weighted by atomic mass is 32.2. The van der Waals surface area contributed by atoms with Crippen molar-refractivity contribution in [3.05, 3.63) is 23.8 Å². The van der Waals surface area contributed by atoms with E-state index < -0.39 is 11.0 Å². The van der Waals surface area contributed by atoms with E-state index in [1.807, 2.05) is 0 Å². The van der Waals surface area contributed by atoms with Crippen LogP contribution in [0.15, 0.2) is 23.1 Å². The molecule has 14 heavy (non-hydrogen) atoms. The fourth-order valence-corrected chi connectivity index (χ4v) is 1.80. The third-order valence-electron chi connectivity index (χ3n) is 1.83. The van der Waals surface area contributed by atoms with Crippen LogP contribution < -0.4 is 16.4 Å². The van der Waals surface area contributed by atoms with Gasteiger partial charge in [-0.25, -0.2) is 9.35 Å². The summed E-state index contributed by atoms with van der Waals surface area (Å²) < 4.78 is 11.1. The molecule has 0 saturated carbocycles. The number of nitrogens with two attached hydrogens (primary N) is 2. The standard InChI is InChI=1S/C8H13N3O2S/c9-11-7-1-2-8(14(10)13)6(5-7)3-4-12/h1-2,5,11-12H,3-4,9-10H2. The van der Waals surface area contributed by atoms with E-state index in [9.17, 15) is 4.21 Å². The van der Waals surface area contributed by atoms with Crippen LogP contribution in [0.3, 0.4) is 0 Å². The smallest absolute Gasteiger partial charge is 0.122 e. The van der Waals surface area contributed by atoms with Gasteiger partial charge in [0.05, 0.1) is 4.90 Å². The highest BCUT2D eigenvalue weighted by molar-refractivity contribution is 7.82. The van der Waals surface area contributed by atoms with Gasteiger partial charge in [0.2, 0.25) is 0 Å². The lowest BCUT2D eigenvalue weighted by atomic mass is 10.1. The average Bonchev–Trinajstić information content (AvgIpc) is 2.17. The van der Waals surface area contributed by atoms with Gasteiger partial charge in [-0.15, -0.1) is 0 Å². The third kappa shape index (κ3) is 2.52. The number of hydrogen-bond acceptors (Lipinski definition) is 4. The van der Waals surface area contributed by atoms with E-state index in [0.717, 1.165) is 5.56 Å². The van der Waals surface area contributed by atoms with Crippen molar-refractivity contribution in [1.82, 2.24) is 0 Å². The molecule has 0 radical (unpaired) electrons. The number of benzene rings is 1. The zero-order valence-corrected chi connectivity index (χ0v) is 8.38. The molecule has 0 heterocycles. The Morgan fingerprint density at radius 1 is 1.50 bits per heavy atom. The molecule has 78 valence electrons. The summed E-state index contributed by atoms with van der Waals surface area (Å²) in [4.78, 5) is 0.526. The Morgan fingerprint density at radius 2 is 2.21 bits per heavy atom. The van der Waals surface area contributed by atoms with Crippen LogP contribution in [0.1, 0.15) is 5.56 Å². The van der Waals surface area contributed by atoms with Gasteiger partial charge in [-0.2, -0.15) is 0 Å². The number of hydrazine groups is 1. The maximum absolute atomic E-state index is 11.1. The summed E-state index contributed by atoms with van der Waals surface area (Å²) >= 11 is 0. The fourth-order valence-electron chi connectivity index (χ4n) is 1.18. The summed E-state index contributed by atoms with van der Waals surface area (Å²) in [5.74, 6) is 5.22. The van der Waals surface area contributed by atoms with Crippen LogP contribution in [0.2, 0.25) is 0 Å². The molecule has 0 fully saturated rings. The molecule has 0 saturated heterocycles. The van der Waals surface area contributed by atoms with E-state index in [4.69, 9.17) is 16.1 Å². The predicted molar refractivity (Wildman–Crippen MR) is 55.6 cm³/mol. The second-order valence-corrected chi connectivity index (χ2v) is 3.77. The first-order chi connectivity index (χ1) is 6.69. The van der Waals surface area contributed by atoms with Crippen LogP contribution in [0.25, 0.3) is 0 Å². The minimum Gasteiger partial charge on any atom is -0.396 e.